The Morgan fingerprint density at radius 2 is 1.59 bits per heavy atom. The minimum Gasteiger partial charge on any atom is -0.454 e. The van der Waals surface area contributed by atoms with Crippen LogP contribution in [0.1, 0.15) is 16.7 Å². The summed E-state index contributed by atoms with van der Waals surface area (Å²) in [5, 5.41) is 3.10. The number of anilines is 2. The summed E-state index contributed by atoms with van der Waals surface area (Å²) in [6, 6.07) is 16.1. The zero-order valence-electron chi connectivity index (χ0n) is 17.4. The van der Waals surface area contributed by atoms with Gasteiger partial charge < -0.3 is 14.8 Å². The lowest BCUT2D eigenvalue weighted by atomic mass is 9.99. The normalized spacial score (nSPS) is 15.0. The number of amides is 2. The quantitative estimate of drug-likeness (QED) is 0.615. The second-order valence-corrected chi connectivity index (χ2v) is 7.66. The van der Waals surface area contributed by atoms with Crippen molar-refractivity contribution in [1.29, 1.82) is 0 Å². The van der Waals surface area contributed by atoms with Gasteiger partial charge in [0.2, 0.25) is 6.79 Å². The predicted octanol–water partition coefficient (Wildman–Crippen LogP) is 4.57. The number of rotatable bonds is 4. The monoisotopic (exact) mass is 430 g/mol. The van der Waals surface area contributed by atoms with Crippen molar-refractivity contribution in [1.82, 2.24) is 0 Å². The summed E-state index contributed by atoms with van der Waals surface area (Å²) < 4.78 is 24.2. The average molecular weight is 430 g/mol. The molecule has 5 rings (SSSR count). The van der Waals surface area contributed by atoms with Crippen LogP contribution in [-0.4, -0.2) is 18.6 Å². The van der Waals surface area contributed by atoms with E-state index in [-0.39, 0.29) is 18.1 Å². The van der Waals surface area contributed by atoms with E-state index in [4.69, 9.17) is 9.47 Å². The fourth-order valence-corrected chi connectivity index (χ4v) is 3.75. The van der Waals surface area contributed by atoms with Crippen molar-refractivity contribution < 1.29 is 23.5 Å². The molecule has 0 aromatic heterocycles. The van der Waals surface area contributed by atoms with Crippen LogP contribution in [0.15, 0.2) is 66.4 Å². The van der Waals surface area contributed by atoms with E-state index in [1.807, 2.05) is 32.0 Å². The molecule has 0 fully saturated rings. The van der Waals surface area contributed by atoms with Crippen LogP contribution in [0.2, 0.25) is 0 Å². The molecule has 3 aromatic carbocycles. The molecule has 3 aromatic rings. The van der Waals surface area contributed by atoms with Crippen LogP contribution in [0.25, 0.3) is 5.57 Å². The first-order valence-corrected chi connectivity index (χ1v) is 10.1. The number of carbonyl (C=O) groups is 2. The third-order valence-corrected chi connectivity index (χ3v) is 5.61. The van der Waals surface area contributed by atoms with E-state index in [2.05, 4.69) is 5.32 Å². The van der Waals surface area contributed by atoms with E-state index in [1.54, 1.807) is 18.2 Å². The predicted molar refractivity (Wildman–Crippen MR) is 118 cm³/mol. The number of carbonyl (C=O) groups excluding carboxylic acids is 2. The Hall–Kier alpha value is -4.13. The number of nitrogens with one attached hydrogen (secondary N) is 1. The molecule has 7 heteroatoms. The molecule has 160 valence electrons. The van der Waals surface area contributed by atoms with Crippen molar-refractivity contribution in [2.24, 2.45) is 0 Å². The Morgan fingerprint density at radius 1 is 0.844 bits per heavy atom. The lowest BCUT2D eigenvalue weighted by Gasteiger charge is -2.15. The van der Waals surface area contributed by atoms with Crippen molar-refractivity contribution in [3.8, 4) is 11.5 Å². The highest BCUT2D eigenvalue weighted by Gasteiger charge is 2.40. The summed E-state index contributed by atoms with van der Waals surface area (Å²) in [5.74, 6) is -0.286. The Bertz CT molecular complexity index is 1300. The zero-order chi connectivity index (χ0) is 22.4. The first-order valence-electron chi connectivity index (χ1n) is 10.1. The van der Waals surface area contributed by atoms with Crippen LogP contribution in [-0.2, 0) is 9.59 Å². The number of hydrogen-bond acceptors (Lipinski definition) is 5. The topological polar surface area (TPSA) is 67.9 Å². The summed E-state index contributed by atoms with van der Waals surface area (Å²) in [6.45, 7) is 4.06. The molecule has 2 aliphatic rings. The second-order valence-electron chi connectivity index (χ2n) is 7.66. The second kappa shape index (κ2) is 7.53. The molecule has 6 nitrogen and oxygen atoms in total. The van der Waals surface area contributed by atoms with Crippen molar-refractivity contribution in [3.63, 3.8) is 0 Å². The molecule has 0 atom stereocenters. The van der Waals surface area contributed by atoms with Gasteiger partial charge in [-0.3, -0.25) is 9.59 Å². The van der Waals surface area contributed by atoms with Crippen LogP contribution >= 0.6 is 0 Å². The maximum atomic E-state index is 13.5. The maximum Gasteiger partial charge on any atom is 0.282 e. The van der Waals surface area contributed by atoms with Crippen LogP contribution in [0, 0.1) is 19.7 Å². The highest BCUT2D eigenvalue weighted by molar-refractivity contribution is 6.46. The first kappa shape index (κ1) is 19.8. The minimum atomic E-state index is -0.521. The Labute approximate surface area is 183 Å². The Morgan fingerprint density at radius 3 is 2.34 bits per heavy atom. The lowest BCUT2D eigenvalue weighted by molar-refractivity contribution is -0.120. The first-order chi connectivity index (χ1) is 15.4. The fourth-order valence-electron chi connectivity index (χ4n) is 3.75. The van der Waals surface area contributed by atoms with Gasteiger partial charge >= 0.3 is 0 Å². The molecule has 2 heterocycles. The number of nitrogens with zero attached hydrogens (tertiary/aromatic N) is 1. The van der Waals surface area contributed by atoms with Crippen molar-refractivity contribution >= 4 is 28.8 Å². The van der Waals surface area contributed by atoms with E-state index >= 15 is 0 Å². The highest BCUT2D eigenvalue weighted by Crippen LogP contribution is 2.37. The average Bonchev–Trinajstić information content (AvgIpc) is 3.33. The van der Waals surface area contributed by atoms with Gasteiger partial charge in [0.1, 0.15) is 11.5 Å². The van der Waals surface area contributed by atoms with Crippen LogP contribution < -0.4 is 19.7 Å². The third kappa shape index (κ3) is 3.28. The summed E-state index contributed by atoms with van der Waals surface area (Å²) in [6.07, 6.45) is 0. The standard InChI is InChI=1S/C25H19FN2O4/c1-14-3-4-16(11-15(14)2)22-23(27-18-7-10-20-21(12-18)32-13-31-20)25(30)28(24(22)29)19-8-5-17(26)6-9-19/h3-12,27H,13H2,1-2H3. The summed E-state index contributed by atoms with van der Waals surface area (Å²) in [5.41, 5.74) is 3.96. The Balaban J connectivity index is 1.61. The van der Waals surface area contributed by atoms with E-state index in [9.17, 15) is 14.0 Å². The molecule has 1 N–H and O–H groups in total. The maximum absolute atomic E-state index is 13.5. The van der Waals surface area contributed by atoms with Crippen molar-refractivity contribution in [2.75, 3.05) is 17.0 Å². The van der Waals surface area contributed by atoms with Gasteiger partial charge in [-0.1, -0.05) is 18.2 Å². The van der Waals surface area contributed by atoms with Gasteiger partial charge in [0.15, 0.2) is 11.5 Å². The van der Waals surface area contributed by atoms with E-state index < -0.39 is 17.6 Å². The van der Waals surface area contributed by atoms with Gasteiger partial charge in [0.25, 0.3) is 11.8 Å². The van der Waals surface area contributed by atoms with Gasteiger partial charge in [-0.15, -0.1) is 0 Å². The molecular weight excluding hydrogens is 411 g/mol. The van der Waals surface area contributed by atoms with Gasteiger partial charge in [0.05, 0.1) is 11.3 Å². The summed E-state index contributed by atoms with van der Waals surface area (Å²) in [4.78, 5) is 27.9. The number of benzene rings is 3. The van der Waals surface area contributed by atoms with Crippen molar-refractivity contribution in [3.05, 3.63) is 88.9 Å². The smallest absolute Gasteiger partial charge is 0.282 e. The molecule has 0 unspecified atom stereocenters. The van der Waals surface area contributed by atoms with E-state index in [0.29, 0.717) is 28.4 Å². The minimum absolute atomic E-state index is 0.130. The van der Waals surface area contributed by atoms with Crippen LogP contribution in [0.5, 0.6) is 11.5 Å². The Kier molecular flexibility index (Phi) is 4.66. The van der Waals surface area contributed by atoms with E-state index in [0.717, 1.165) is 16.0 Å². The SMILES string of the molecule is Cc1ccc(C2=C(Nc3ccc4c(c3)OCO4)C(=O)N(c3ccc(F)cc3)C2=O)cc1C. The van der Waals surface area contributed by atoms with Gasteiger partial charge in [0, 0.05) is 11.8 Å². The summed E-state index contributed by atoms with van der Waals surface area (Å²) >= 11 is 0. The lowest BCUT2D eigenvalue weighted by Crippen LogP contribution is -2.32. The molecule has 0 radical (unpaired) electrons. The molecule has 0 bridgehead atoms. The number of hydrogen-bond donors (Lipinski definition) is 1. The number of aryl methyl sites for hydroxylation is 2. The van der Waals surface area contributed by atoms with Crippen LogP contribution in [0.4, 0.5) is 15.8 Å². The molecule has 0 saturated carbocycles. The number of halogens is 1. The van der Waals surface area contributed by atoms with Gasteiger partial charge in [-0.25, -0.2) is 9.29 Å². The number of fused-ring (bicyclic) bond motifs is 1. The highest BCUT2D eigenvalue weighted by atomic mass is 19.1. The third-order valence-electron chi connectivity index (χ3n) is 5.61. The van der Waals surface area contributed by atoms with E-state index in [1.165, 1.54) is 24.3 Å². The van der Waals surface area contributed by atoms with Gasteiger partial charge in [-0.05, 0) is 66.9 Å². The molecular formula is C25H19FN2O4. The molecule has 32 heavy (non-hydrogen) atoms. The molecule has 2 aliphatic heterocycles. The number of ether oxygens (including phenoxy) is 2. The molecule has 0 aliphatic carbocycles. The van der Waals surface area contributed by atoms with Crippen LogP contribution in [0.3, 0.4) is 0 Å². The molecule has 2 amide bonds. The van der Waals surface area contributed by atoms with Crippen molar-refractivity contribution in [2.45, 2.75) is 13.8 Å². The molecule has 0 spiro atoms. The number of imide groups is 1. The fraction of sp³-hybridized carbons (Fsp3) is 0.120. The zero-order valence-corrected chi connectivity index (χ0v) is 17.4. The summed E-state index contributed by atoms with van der Waals surface area (Å²) in [7, 11) is 0. The largest absolute Gasteiger partial charge is 0.454 e. The molecule has 0 saturated heterocycles. The van der Waals surface area contributed by atoms with Gasteiger partial charge in [-0.2, -0.15) is 0 Å².